The number of hydrogen-bond donors (Lipinski definition) is 2. The molecular formula is C8H6F3NO2S. The summed E-state index contributed by atoms with van der Waals surface area (Å²) < 4.78 is 39.1. The third-order valence-corrected chi connectivity index (χ3v) is 1.43. The van der Waals surface area contributed by atoms with Crippen LogP contribution in [-0.2, 0) is 0 Å². The summed E-state index contributed by atoms with van der Waals surface area (Å²) in [7, 11) is 0. The average molecular weight is 237 g/mol. The van der Waals surface area contributed by atoms with Gasteiger partial charge in [-0.05, 0) is 12.1 Å². The number of rotatable bonds is 2. The standard InChI is InChI=1S/C8H6F3NO2S/c9-8(10,11)14-6-3-1-2-5(4-6)12-7(13)15/h1-4H,(H2,12,13,15). The Morgan fingerprint density at radius 1 is 1.40 bits per heavy atom. The van der Waals surface area contributed by atoms with E-state index in [-0.39, 0.29) is 5.69 Å². The van der Waals surface area contributed by atoms with Gasteiger partial charge in [0.1, 0.15) is 5.75 Å². The van der Waals surface area contributed by atoms with Gasteiger partial charge >= 0.3 is 6.36 Å². The van der Waals surface area contributed by atoms with E-state index in [2.05, 4.69) is 22.7 Å². The summed E-state index contributed by atoms with van der Waals surface area (Å²) in [5.74, 6) is -0.401. The van der Waals surface area contributed by atoms with E-state index in [0.29, 0.717) is 0 Å². The number of carbonyl (C=O) groups is 1. The minimum absolute atomic E-state index is 0.178. The lowest BCUT2D eigenvalue weighted by Crippen LogP contribution is -2.17. The first-order valence-electron chi connectivity index (χ1n) is 3.72. The lowest BCUT2D eigenvalue weighted by molar-refractivity contribution is -0.274. The van der Waals surface area contributed by atoms with Gasteiger partial charge in [-0.2, -0.15) is 0 Å². The molecule has 0 bridgehead atoms. The number of benzene rings is 1. The molecule has 0 saturated heterocycles. The smallest absolute Gasteiger partial charge is 0.406 e. The van der Waals surface area contributed by atoms with Gasteiger partial charge in [0.15, 0.2) is 0 Å². The summed E-state index contributed by atoms with van der Waals surface area (Å²) in [4.78, 5) is 10.5. The largest absolute Gasteiger partial charge is 0.573 e. The third-order valence-electron chi connectivity index (χ3n) is 1.32. The summed E-state index contributed by atoms with van der Waals surface area (Å²) in [6.07, 6.45) is -4.75. The summed E-state index contributed by atoms with van der Waals surface area (Å²) in [5, 5.41) is 1.54. The van der Waals surface area contributed by atoms with Gasteiger partial charge in [0.05, 0.1) is 0 Å². The molecule has 0 aliphatic rings. The maximum absolute atomic E-state index is 11.8. The summed E-state index contributed by atoms with van der Waals surface area (Å²) in [6.45, 7) is 0. The molecule has 0 aliphatic carbocycles. The Balaban J connectivity index is 2.79. The van der Waals surface area contributed by atoms with Gasteiger partial charge in [-0.25, -0.2) is 0 Å². The van der Waals surface area contributed by atoms with E-state index in [4.69, 9.17) is 0 Å². The third kappa shape index (κ3) is 4.59. The molecule has 0 aliphatic heterocycles. The van der Waals surface area contributed by atoms with Gasteiger partial charge in [-0.15, -0.1) is 13.2 Å². The van der Waals surface area contributed by atoms with Gasteiger partial charge in [0.2, 0.25) is 0 Å². The molecular weight excluding hydrogens is 231 g/mol. The first-order chi connectivity index (χ1) is 6.87. The number of carbonyl (C=O) groups excluding carboxylic acids is 1. The highest BCUT2D eigenvalue weighted by molar-refractivity contribution is 7.96. The first-order valence-corrected chi connectivity index (χ1v) is 4.17. The number of anilines is 1. The molecule has 1 rings (SSSR count). The van der Waals surface area contributed by atoms with Gasteiger partial charge < -0.3 is 10.1 Å². The van der Waals surface area contributed by atoms with Crippen LogP contribution in [0.15, 0.2) is 24.3 Å². The number of amides is 1. The van der Waals surface area contributed by atoms with Crippen LogP contribution in [0.2, 0.25) is 0 Å². The maximum atomic E-state index is 11.8. The zero-order valence-electron chi connectivity index (χ0n) is 7.21. The molecule has 0 fully saturated rings. The van der Waals surface area contributed by atoms with Crippen molar-refractivity contribution in [2.24, 2.45) is 0 Å². The normalized spacial score (nSPS) is 10.9. The Bertz CT molecular complexity index is 367. The molecule has 0 heterocycles. The van der Waals surface area contributed by atoms with E-state index >= 15 is 0 Å². The van der Waals surface area contributed by atoms with Gasteiger partial charge in [-0.1, -0.05) is 18.7 Å². The van der Waals surface area contributed by atoms with Crippen LogP contribution in [0.1, 0.15) is 0 Å². The predicted octanol–water partition coefficient (Wildman–Crippen LogP) is 3.05. The van der Waals surface area contributed by atoms with Crippen LogP contribution in [0.25, 0.3) is 0 Å². The molecule has 1 N–H and O–H groups in total. The Kier molecular flexibility index (Phi) is 3.46. The Hall–Kier alpha value is -1.37. The molecule has 1 aromatic rings. The van der Waals surface area contributed by atoms with Crippen molar-refractivity contribution >= 4 is 23.6 Å². The van der Waals surface area contributed by atoms with Crippen molar-refractivity contribution in [2.45, 2.75) is 6.36 Å². The lowest BCUT2D eigenvalue weighted by atomic mass is 10.3. The molecule has 0 radical (unpaired) electrons. The highest BCUT2D eigenvalue weighted by Gasteiger charge is 2.31. The topological polar surface area (TPSA) is 38.3 Å². The van der Waals surface area contributed by atoms with E-state index in [0.717, 1.165) is 12.1 Å². The van der Waals surface area contributed by atoms with E-state index in [1.54, 1.807) is 0 Å². The quantitative estimate of drug-likeness (QED) is 0.776. The molecule has 0 aromatic heterocycles. The lowest BCUT2D eigenvalue weighted by Gasteiger charge is -2.09. The highest BCUT2D eigenvalue weighted by Crippen LogP contribution is 2.25. The minimum atomic E-state index is -4.75. The average Bonchev–Trinajstić information content (AvgIpc) is 1.99. The number of nitrogens with one attached hydrogen (secondary N) is 1. The summed E-state index contributed by atoms with van der Waals surface area (Å²) in [5.41, 5.74) is 0.178. The Morgan fingerprint density at radius 2 is 2.07 bits per heavy atom. The van der Waals surface area contributed by atoms with Gasteiger partial charge in [0.25, 0.3) is 5.24 Å². The number of halogens is 3. The Morgan fingerprint density at radius 3 is 2.60 bits per heavy atom. The van der Waals surface area contributed by atoms with E-state index < -0.39 is 17.4 Å². The predicted molar refractivity (Wildman–Crippen MR) is 51.1 cm³/mol. The molecule has 7 heteroatoms. The van der Waals surface area contributed by atoms with Crippen LogP contribution < -0.4 is 10.1 Å². The number of alkyl halides is 3. The monoisotopic (exact) mass is 237 g/mol. The van der Waals surface area contributed by atoms with Crippen LogP contribution >= 0.6 is 12.6 Å². The van der Waals surface area contributed by atoms with Crippen molar-refractivity contribution in [3.05, 3.63) is 24.3 Å². The maximum Gasteiger partial charge on any atom is 0.573 e. The van der Waals surface area contributed by atoms with E-state index in [1.807, 2.05) is 0 Å². The second-order valence-electron chi connectivity index (χ2n) is 2.51. The van der Waals surface area contributed by atoms with Crippen molar-refractivity contribution in [2.75, 3.05) is 5.32 Å². The fourth-order valence-corrected chi connectivity index (χ4v) is 1.02. The highest BCUT2D eigenvalue weighted by atomic mass is 32.1. The fourth-order valence-electron chi connectivity index (χ4n) is 0.894. The van der Waals surface area contributed by atoms with Crippen LogP contribution in [0.4, 0.5) is 23.7 Å². The summed E-state index contributed by atoms with van der Waals surface area (Å²) >= 11 is 3.42. The molecule has 82 valence electrons. The zero-order chi connectivity index (χ0) is 11.5. The minimum Gasteiger partial charge on any atom is -0.406 e. The molecule has 0 atom stereocenters. The second-order valence-corrected chi connectivity index (χ2v) is 2.91. The van der Waals surface area contributed by atoms with Crippen molar-refractivity contribution in [1.29, 1.82) is 0 Å². The van der Waals surface area contributed by atoms with Crippen molar-refractivity contribution in [1.82, 2.24) is 0 Å². The summed E-state index contributed by atoms with van der Waals surface area (Å²) in [6, 6.07) is 4.90. The zero-order valence-corrected chi connectivity index (χ0v) is 8.10. The van der Waals surface area contributed by atoms with Gasteiger partial charge in [-0.3, -0.25) is 4.79 Å². The van der Waals surface area contributed by atoms with Crippen LogP contribution in [-0.4, -0.2) is 11.6 Å². The van der Waals surface area contributed by atoms with Crippen molar-refractivity contribution < 1.29 is 22.7 Å². The molecule has 0 unspecified atom stereocenters. The van der Waals surface area contributed by atoms with Crippen LogP contribution in [0.5, 0.6) is 5.75 Å². The molecule has 15 heavy (non-hydrogen) atoms. The Labute approximate surface area is 88.6 Å². The SMILES string of the molecule is O=C(S)Nc1cccc(OC(F)(F)F)c1. The van der Waals surface area contributed by atoms with Gasteiger partial charge in [0, 0.05) is 11.8 Å². The fraction of sp³-hybridized carbons (Fsp3) is 0.125. The van der Waals surface area contributed by atoms with E-state index in [1.165, 1.54) is 12.1 Å². The number of ether oxygens (including phenoxy) is 1. The number of hydrogen-bond acceptors (Lipinski definition) is 2. The van der Waals surface area contributed by atoms with Crippen molar-refractivity contribution in [3.63, 3.8) is 0 Å². The van der Waals surface area contributed by atoms with Crippen LogP contribution in [0, 0.1) is 0 Å². The molecule has 0 spiro atoms. The number of thiol groups is 1. The molecule has 3 nitrogen and oxygen atoms in total. The van der Waals surface area contributed by atoms with Crippen LogP contribution in [0.3, 0.4) is 0 Å². The molecule has 1 amide bonds. The first kappa shape index (κ1) is 11.7. The second kappa shape index (κ2) is 4.43. The molecule has 0 saturated carbocycles. The van der Waals surface area contributed by atoms with Crippen molar-refractivity contribution in [3.8, 4) is 5.75 Å². The molecule has 1 aromatic carbocycles. The van der Waals surface area contributed by atoms with E-state index in [9.17, 15) is 18.0 Å².